The molecule has 0 spiro atoms. The first-order valence-corrected chi connectivity index (χ1v) is 5.27. The van der Waals surface area contributed by atoms with Gasteiger partial charge in [0.2, 0.25) is 0 Å². The van der Waals surface area contributed by atoms with Gasteiger partial charge in [0.15, 0.2) is 0 Å². The molecule has 72 valence electrons. The third-order valence-corrected chi connectivity index (χ3v) is 2.76. The minimum atomic E-state index is 1.27. The summed E-state index contributed by atoms with van der Waals surface area (Å²) >= 11 is 0. The molecule has 0 aromatic carbocycles. The highest BCUT2D eigenvalue weighted by molar-refractivity contribution is 5.37. The van der Waals surface area contributed by atoms with E-state index in [-0.39, 0.29) is 0 Å². The molecular weight excluding hydrogens is 156 g/mol. The second-order valence-electron chi connectivity index (χ2n) is 3.72. The first-order valence-electron chi connectivity index (χ1n) is 5.27. The van der Waals surface area contributed by atoms with Crippen molar-refractivity contribution in [3.63, 3.8) is 0 Å². The van der Waals surface area contributed by atoms with Crippen molar-refractivity contribution < 1.29 is 0 Å². The van der Waals surface area contributed by atoms with Crippen LogP contribution in [0.1, 0.15) is 46.5 Å². The third-order valence-electron chi connectivity index (χ3n) is 2.76. The first-order chi connectivity index (χ1) is 6.27. The SMILES string of the molecule is C\C=C(C)/C=C1/CCCC/C1=C/C. The molecule has 0 amide bonds. The second-order valence-corrected chi connectivity index (χ2v) is 3.72. The maximum atomic E-state index is 2.34. The largest absolute Gasteiger partial charge is 0.0847 e. The van der Waals surface area contributed by atoms with Crippen LogP contribution >= 0.6 is 0 Å². The predicted molar refractivity (Wildman–Crippen MR) is 59.7 cm³/mol. The fraction of sp³-hybridized carbons (Fsp3) is 0.538. The Labute approximate surface area is 82.0 Å². The smallest absolute Gasteiger partial charge is 0.0276 e. The molecule has 0 aromatic heterocycles. The van der Waals surface area contributed by atoms with Crippen LogP contribution in [0.5, 0.6) is 0 Å². The van der Waals surface area contributed by atoms with Gasteiger partial charge in [-0.3, -0.25) is 0 Å². The Kier molecular flexibility index (Phi) is 4.01. The lowest BCUT2D eigenvalue weighted by Gasteiger charge is -2.17. The van der Waals surface area contributed by atoms with Crippen LogP contribution in [0.2, 0.25) is 0 Å². The number of allylic oxidation sites excluding steroid dienone is 6. The van der Waals surface area contributed by atoms with Crippen LogP contribution in [-0.2, 0) is 0 Å². The molecule has 0 radical (unpaired) electrons. The normalized spacial score (nSPS) is 25.6. The summed E-state index contributed by atoms with van der Waals surface area (Å²) in [5, 5.41) is 0. The van der Waals surface area contributed by atoms with E-state index in [0.29, 0.717) is 0 Å². The Hall–Kier alpha value is -0.780. The van der Waals surface area contributed by atoms with Crippen LogP contribution in [0.3, 0.4) is 0 Å². The molecule has 0 atom stereocenters. The maximum Gasteiger partial charge on any atom is -0.0276 e. The topological polar surface area (TPSA) is 0 Å². The number of rotatable bonds is 1. The van der Waals surface area contributed by atoms with Gasteiger partial charge in [0.1, 0.15) is 0 Å². The quantitative estimate of drug-likeness (QED) is 0.555. The summed E-state index contributed by atoms with van der Waals surface area (Å²) in [6.07, 6.45) is 12.1. The molecule has 1 fully saturated rings. The molecule has 0 aliphatic heterocycles. The lowest BCUT2D eigenvalue weighted by molar-refractivity contribution is 0.677. The zero-order valence-corrected chi connectivity index (χ0v) is 9.06. The van der Waals surface area contributed by atoms with Crippen LogP contribution in [0.15, 0.2) is 34.9 Å². The zero-order chi connectivity index (χ0) is 9.68. The number of hydrogen-bond donors (Lipinski definition) is 0. The molecule has 0 aromatic rings. The van der Waals surface area contributed by atoms with Crippen molar-refractivity contribution in [1.29, 1.82) is 0 Å². The summed E-state index contributed by atoms with van der Waals surface area (Å²) in [4.78, 5) is 0. The zero-order valence-electron chi connectivity index (χ0n) is 9.06. The predicted octanol–water partition coefficient (Wildman–Crippen LogP) is 4.40. The Morgan fingerprint density at radius 2 is 1.69 bits per heavy atom. The fourth-order valence-corrected chi connectivity index (χ4v) is 1.80. The van der Waals surface area contributed by atoms with Gasteiger partial charge in [-0.2, -0.15) is 0 Å². The van der Waals surface area contributed by atoms with Crippen molar-refractivity contribution in [1.82, 2.24) is 0 Å². The summed E-state index contributed by atoms with van der Waals surface area (Å²) in [5.41, 5.74) is 4.51. The Morgan fingerprint density at radius 1 is 1.08 bits per heavy atom. The van der Waals surface area contributed by atoms with Crippen molar-refractivity contribution in [2.75, 3.05) is 0 Å². The average Bonchev–Trinajstić information content (AvgIpc) is 2.18. The van der Waals surface area contributed by atoms with Gasteiger partial charge >= 0.3 is 0 Å². The average molecular weight is 176 g/mol. The van der Waals surface area contributed by atoms with E-state index in [9.17, 15) is 0 Å². The molecule has 13 heavy (non-hydrogen) atoms. The van der Waals surface area contributed by atoms with Gasteiger partial charge in [0.05, 0.1) is 0 Å². The summed E-state index contributed by atoms with van der Waals surface area (Å²) in [7, 11) is 0. The van der Waals surface area contributed by atoms with E-state index in [4.69, 9.17) is 0 Å². The van der Waals surface area contributed by atoms with Crippen LogP contribution in [0.4, 0.5) is 0 Å². The lowest BCUT2D eigenvalue weighted by Crippen LogP contribution is -1.98. The summed E-state index contributed by atoms with van der Waals surface area (Å²) in [6, 6.07) is 0. The molecule has 0 unspecified atom stereocenters. The Morgan fingerprint density at radius 3 is 2.23 bits per heavy atom. The molecule has 1 aliphatic rings. The van der Waals surface area contributed by atoms with Crippen molar-refractivity contribution >= 4 is 0 Å². The van der Waals surface area contributed by atoms with E-state index >= 15 is 0 Å². The van der Waals surface area contributed by atoms with E-state index in [1.807, 2.05) is 0 Å². The molecule has 0 nitrogen and oxygen atoms in total. The van der Waals surface area contributed by atoms with Crippen molar-refractivity contribution in [2.24, 2.45) is 0 Å². The summed E-state index contributed by atoms with van der Waals surface area (Å²) in [6.45, 7) is 6.43. The van der Waals surface area contributed by atoms with Crippen molar-refractivity contribution in [3.05, 3.63) is 34.9 Å². The molecule has 0 heterocycles. The highest BCUT2D eigenvalue weighted by Gasteiger charge is 2.09. The molecule has 1 saturated carbocycles. The summed E-state index contributed by atoms with van der Waals surface area (Å²) < 4.78 is 0. The standard InChI is InChI=1S/C13H20/c1-4-11(3)10-13-9-7-6-8-12(13)5-2/h4-5,10H,6-9H2,1-3H3/b11-4-,12-5-,13-10-. The lowest BCUT2D eigenvalue weighted by atomic mass is 9.88. The molecule has 1 rings (SSSR count). The third kappa shape index (κ3) is 2.87. The molecule has 0 heteroatoms. The number of hydrogen-bond acceptors (Lipinski definition) is 0. The highest BCUT2D eigenvalue weighted by atomic mass is 14.1. The van der Waals surface area contributed by atoms with Crippen LogP contribution in [-0.4, -0.2) is 0 Å². The van der Waals surface area contributed by atoms with Gasteiger partial charge in [-0.1, -0.05) is 23.8 Å². The van der Waals surface area contributed by atoms with E-state index in [1.165, 1.54) is 31.3 Å². The monoisotopic (exact) mass is 176 g/mol. The first kappa shape index (κ1) is 10.3. The van der Waals surface area contributed by atoms with Crippen LogP contribution in [0, 0.1) is 0 Å². The second kappa shape index (κ2) is 5.06. The van der Waals surface area contributed by atoms with Gasteiger partial charge in [-0.25, -0.2) is 0 Å². The van der Waals surface area contributed by atoms with Gasteiger partial charge in [-0.15, -0.1) is 0 Å². The summed E-state index contributed by atoms with van der Waals surface area (Å²) in [5.74, 6) is 0. The molecule has 0 bridgehead atoms. The van der Waals surface area contributed by atoms with Gasteiger partial charge in [0.25, 0.3) is 0 Å². The molecular formula is C13H20. The van der Waals surface area contributed by atoms with E-state index in [2.05, 4.69) is 39.0 Å². The van der Waals surface area contributed by atoms with Gasteiger partial charge < -0.3 is 0 Å². The Bertz CT molecular complexity index is 251. The maximum absolute atomic E-state index is 2.34. The minimum absolute atomic E-state index is 1.27. The van der Waals surface area contributed by atoms with Gasteiger partial charge in [0, 0.05) is 0 Å². The van der Waals surface area contributed by atoms with Gasteiger partial charge in [-0.05, 0) is 57.6 Å². The molecule has 0 saturated heterocycles. The van der Waals surface area contributed by atoms with Crippen LogP contribution in [0.25, 0.3) is 0 Å². The van der Waals surface area contributed by atoms with Crippen molar-refractivity contribution in [3.8, 4) is 0 Å². The Balaban J connectivity index is 2.81. The van der Waals surface area contributed by atoms with Crippen molar-refractivity contribution in [2.45, 2.75) is 46.5 Å². The van der Waals surface area contributed by atoms with E-state index in [0.717, 1.165) is 0 Å². The fourth-order valence-electron chi connectivity index (χ4n) is 1.80. The molecule has 0 N–H and O–H groups in total. The van der Waals surface area contributed by atoms with Crippen LogP contribution < -0.4 is 0 Å². The van der Waals surface area contributed by atoms with E-state index < -0.39 is 0 Å². The highest BCUT2D eigenvalue weighted by Crippen LogP contribution is 2.29. The minimum Gasteiger partial charge on any atom is -0.0847 e. The molecule has 1 aliphatic carbocycles. The van der Waals surface area contributed by atoms with E-state index in [1.54, 1.807) is 11.1 Å².